The molecule has 8 heteroatoms. The van der Waals surface area contributed by atoms with E-state index in [0.29, 0.717) is 5.76 Å². The summed E-state index contributed by atoms with van der Waals surface area (Å²) in [5.41, 5.74) is -0.0536. The molecular weight excluding hydrogens is 306 g/mol. The lowest BCUT2D eigenvalue weighted by Gasteiger charge is -2.07. The van der Waals surface area contributed by atoms with Crippen LogP contribution in [0.15, 0.2) is 50.7 Å². The molecule has 0 fully saturated rings. The predicted octanol–water partition coefficient (Wildman–Crippen LogP) is 2.27. The Morgan fingerprint density at radius 3 is 2.23 bits per heavy atom. The first-order valence-corrected chi connectivity index (χ1v) is 8.00. The van der Waals surface area contributed by atoms with Gasteiger partial charge in [-0.25, -0.2) is 18.4 Å². The maximum atomic E-state index is 12.0. The lowest BCUT2D eigenvalue weighted by atomic mass is 10.2. The number of sulfone groups is 1. The van der Waals surface area contributed by atoms with Crippen molar-refractivity contribution in [1.82, 2.24) is 9.97 Å². The molecule has 0 saturated heterocycles. The SMILES string of the molecule is CS(=O)(=O)c1nc(-c2ccco2)nc(-c2ccco2)c1C#N. The van der Waals surface area contributed by atoms with Gasteiger partial charge in [-0.15, -0.1) is 0 Å². The second-order valence-electron chi connectivity index (χ2n) is 4.41. The molecule has 0 saturated carbocycles. The Labute approximate surface area is 125 Å². The van der Waals surface area contributed by atoms with Crippen LogP contribution in [0.1, 0.15) is 5.56 Å². The predicted molar refractivity (Wildman–Crippen MR) is 75.3 cm³/mol. The average Bonchev–Trinajstić information content (AvgIpc) is 3.18. The van der Waals surface area contributed by atoms with Gasteiger partial charge in [-0.2, -0.15) is 5.26 Å². The Bertz CT molecular complexity index is 952. The maximum absolute atomic E-state index is 12.0. The molecule has 0 aliphatic heterocycles. The zero-order valence-corrected chi connectivity index (χ0v) is 12.2. The number of hydrogen-bond donors (Lipinski definition) is 0. The van der Waals surface area contributed by atoms with Crippen LogP contribution in [0.25, 0.3) is 23.0 Å². The summed E-state index contributed by atoms with van der Waals surface area (Å²) in [6.45, 7) is 0. The van der Waals surface area contributed by atoms with E-state index in [9.17, 15) is 13.7 Å². The summed E-state index contributed by atoms with van der Waals surface area (Å²) in [7, 11) is -3.73. The molecule has 0 aliphatic rings. The van der Waals surface area contributed by atoms with Gasteiger partial charge in [0.15, 0.2) is 32.2 Å². The first kappa shape index (κ1) is 14.0. The van der Waals surface area contributed by atoms with Gasteiger partial charge in [0.2, 0.25) is 0 Å². The Hall–Kier alpha value is -2.92. The van der Waals surface area contributed by atoms with Gasteiger partial charge in [-0.05, 0) is 24.3 Å². The lowest BCUT2D eigenvalue weighted by molar-refractivity contribution is 0.570. The van der Waals surface area contributed by atoms with Crippen molar-refractivity contribution in [2.45, 2.75) is 5.03 Å². The summed E-state index contributed by atoms with van der Waals surface area (Å²) in [5, 5.41) is 8.96. The van der Waals surface area contributed by atoms with Crippen LogP contribution in [-0.4, -0.2) is 24.6 Å². The van der Waals surface area contributed by atoms with Gasteiger partial charge in [-0.3, -0.25) is 0 Å². The minimum absolute atomic E-state index is 0.0656. The fraction of sp³-hybridized carbons (Fsp3) is 0.0714. The van der Waals surface area contributed by atoms with Crippen molar-refractivity contribution in [3.63, 3.8) is 0 Å². The molecule has 22 heavy (non-hydrogen) atoms. The smallest absolute Gasteiger partial charge is 0.197 e. The summed E-state index contributed by atoms with van der Waals surface area (Å²) in [6.07, 6.45) is 3.81. The lowest BCUT2D eigenvalue weighted by Crippen LogP contribution is -2.08. The minimum Gasteiger partial charge on any atom is -0.463 e. The molecule has 0 radical (unpaired) electrons. The van der Waals surface area contributed by atoms with Crippen LogP contribution < -0.4 is 0 Å². The quantitative estimate of drug-likeness (QED) is 0.682. The van der Waals surface area contributed by atoms with E-state index in [1.54, 1.807) is 24.3 Å². The third kappa shape index (κ3) is 2.38. The molecular formula is C14H9N3O4S. The normalized spacial score (nSPS) is 11.3. The van der Waals surface area contributed by atoms with Crippen LogP contribution in [0.3, 0.4) is 0 Å². The molecule has 3 aromatic rings. The Kier molecular flexibility index (Phi) is 3.27. The van der Waals surface area contributed by atoms with E-state index < -0.39 is 9.84 Å². The van der Waals surface area contributed by atoms with Crippen LogP contribution in [0.2, 0.25) is 0 Å². The highest BCUT2D eigenvalue weighted by Gasteiger charge is 2.25. The molecule has 0 atom stereocenters. The van der Waals surface area contributed by atoms with Gasteiger partial charge in [0, 0.05) is 6.26 Å². The van der Waals surface area contributed by atoms with Crippen molar-refractivity contribution in [2.75, 3.05) is 6.26 Å². The molecule has 0 spiro atoms. The topological polar surface area (TPSA) is 110 Å². The molecule has 0 amide bonds. The minimum atomic E-state index is -3.73. The molecule has 7 nitrogen and oxygen atoms in total. The van der Waals surface area contributed by atoms with Gasteiger partial charge in [0.05, 0.1) is 12.5 Å². The van der Waals surface area contributed by atoms with Crippen LogP contribution in [0, 0.1) is 11.3 Å². The summed E-state index contributed by atoms with van der Waals surface area (Å²) < 4.78 is 34.3. The number of aromatic nitrogens is 2. The second-order valence-corrected chi connectivity index (χ2v) is 6.35. The van der Waals surface area contributed by atoms with Crippen molar-refractivity contribution in [2.24, 2.45) is 0 Å². The average molecular weight is 315 g/mol. The monoisotopic (exact) mass is 315 g/mol. The fourth-order valence-electron chi connectivity index (χ4n) is 1.92. The fourth-order valence-corrected chi connectivity index (χ4v) is 2.68. The van der Waals surface area contributed by atoms with Crippen molar-refractivity contribution >= 4 is 9.84 Å². The van der Waals surface area contributed by atoms with Crippen molar-refractivity contribution in [3.05, 3.63) is 42.4 Å². The van der Waals surface area contributed by atoms with Crippen LogP contribution in [0.5, 0.6) is 0 Å². The molecule has 0 aromatic carbocycles. The summed E-state index contributed by atoms with van der Waals surface area (Å²) >= 11 is 0. The Morgan fingerprint density at radius 1 is 1.09 bits per heavy atom. The van der Waals surface area contributed by atoms with Crippen LogP contribution in [0.4, 0.5) is 0 Å². The van der Waals surface area contributed by atoms with E-state index in [4.69, 9.17) is 8.83 Å². The molecule has 3 aromatic heterocycles. The molecule has 110 valence electrons. The number of nitrogens with zero attached hydrogens (tertiary/aromatic N) is 3. The molecule has 0 unspecified atom stereocenters. The molecule has 3 heterocycles. The highest BCUT2D eigenvalue weighted by Crippen LogP contribution is 2.29. The van der Waals surface area contributed by atoms with Gasteiger partial charge < -0.3 is 8.83 Å². The summed E-state index contributed by atoms with van der Waals surface area (Å²) in [6, 6.07) is 8.26. The third-order valence-electron chi connectivity index (χ3n) is 2.83. The Morgan fingerprint density at radius 2 is 1.73 bits per heavy atom. The molecule has 0 N–H and O–H groups in total. The maximum Gasteiger partial charge on any atom is 0.197 e. The van der Waals surface area contributed by atoms with Gasteiger partial charge in [0.25, 0.3) is 0 Å². The van der Waals surface area contributed by atoms with Crippen molar-refractivity contribution in [1.29, 1.82) is 5.26 Å². The Balaban J connectivity index is 2.38. The molecule has 0 bridgehead atoms. The summed E-state index contributed by atoms with van der Waals surface area (Å²) in [5.74, 6) is 0.634. The van der Waals surface area contributed by atoms with Crippen molar-refractivity contribution < 1.29 is 17.3 Å². The number of hydrogen-bond acceptors (Lipinski definition) is 7. The van der Waals surface area contributed by atoms with Gasteiger partial charge in [0.1, 0.15) is 17.3 Å². The zero-order valence-electron chi connectivity index (χ0n) is 11.3. The number of rotatable bonds is 3. The van der Waals surface area contributed by atoms with E-state index in [1.807, 2.05) is 6.07 Å². The van der Waals surface area contributed by atoms with E-state index in [2.05, 4.69) is 9.97 Å². The largest absolute Gasteiger partial charge is 0.463 e. The van der Waals surface area contributed by atoms with E-state index in [1.165, 1.54) is 12.5 Å². The van der Waals surface area contributed by atoms with Gasteiger partial charge >= 0.3 is 0 Å². The third-order valence-corrected chi connectivity index (χ3v) is 3.83. The second kappa shape index (κ2) is 5.13. The molecule has 3 rings (SSSR count). The zero-order chi connectivity index (χ0) is 15.7. The first-order chi connectivity index (χ1) is 10.5. The van der Waals surface area contributed by atoms with Crippen LogP contribution >= 0.6 is 0 Å². The first-order valence-electron chi connectivity index (χ1n) is 6.10. The van der Waals surface area contributed by atoms with Crippen molar-refractivity contribution in [3.8, 4) is 29.1 Å². The number of nitriles is 1. The van der Waals surface area contributed by atoms with E-state index >= 15 is 0 Å². The number of furan rings is 2. The summed E-state index contributed by atoms with van der Waals surface area (Å²) in [4.78, 5) is 8.19. The molecule has 0 aliphatic carbocycles. The van der Waals surface area contributed by atoms with E-state index in [0.717, 1.165) is 6.26 Å². The van der Waals surface area contributed by atoms with E-state index in [-0.39, 0.29) is 27.9 Å². The van der Waals surface area contributed by atoms with Gasteiger partial charge in [-0.1, -0.05) is 0 Å². The van der Waals surface area contributed by atoms with Crippen LogP contribution in [-0.2, 0) is 9.84 Å². The highest BCUT2D eigenvalue weighted by atomic mass is 32.2. The standard InChI is InChI=1S/C14H9N3O4S/c1-22(18,19)14-9(8-15)12(10-4-2-6-20-10)16-13(17-14)11-5-3-7-21-11/h2-7H,1H3. The highest BCUT2D eigenvalue weighted by molar-refractivity contribution is 7.90.